The standard InChI is InChI=1S/C16H25N3O4S/c1-4-10-17-15(20)12-19(2)16(21)14-7-5-13(6-8-14)9-11-18-24(3,22)23/h5-8,18H,4,9-12H2,1-3H3,(H,17,20). The Hall–Kier alpha value is -1.93. The topological polar surface area (TPSA) is 95.6 Å². The van der Waals surface area contributed by atoms with Gasteiger partial charge in [0.2, 0.25) is 15.9 Å². The minimum absolute atomic E-state index is 0.0128. The lowest BCUT2D eigenvalue weighted by molar-refractivity contribution is -0.121. The Bertz CT molecular complexity index is 656. The quantitative estimate of drug-likeness (QED) is 0.669. The highest BCUT2D eigenvalue weighted by atomic mass is 32.2. The van der Waals surface area contributed by atoms with Gasteiger partial charge in [-0.3, -0.25) is 9.59 Å². The Morgan fingerprint density at radius 3 is 2.29 bits per heavy atom. The van der Waals surface area contributed by atoms with Crippen molar-refractivity contribution in [3.05, 3.63) is 35.4 Å². The minimum Gasteiger partial charge on any atom is -0.355 e. The summed E-state index contributed by atoms with van der Waals surface area (Å²) in [4.78, 5) is 25.3. The molecule has 2 amide bonds. The second-order valence-corrected chi connectivity index (χ2v) is 7.46. The van der Waals surface area contributed by atoms with Crippen LogP contribution in [0.3, 0.4) is 0 Å². The molecule has 134 valence electrons. The number of rotatable bonds is 9. The molecule has 0 aromatic heterocycles. The molecule has 0 heterocycles. The summed E-state index contributed by atoms with van der Waals surface area (Å²) in [6, 6.07) is 6.92. The highest BCUT2D eigenvalue weighted by Gasteiger charge is 2.14. The monoisotopic (exact) mass is 355 g/mol. The van der Waals surface area contributed by atoms with Crippen LogP contribution in [0.15, 0.2) is 24.3 Å². The van der Waals surface area contributed by atoms with Crippen LogP contribution in [0.5, 0.6) is 0 Å². The van der Waals surface area contributed by atoms with Crippen LogP contribution in [0.2, 0.25) is 0 Å². The molecular formula is C16H25N3O4S. The molecule has 0 spiro atoms. The molecule has 7 nitrogen and oxygen atoms in total. The molecule has 1 aromatic carbocycles. The van der Waals surface area contributed by atoms with Crippen molar-refractivity contribution in [2.45, 2.75) is 19.8 Å². The van der Waals surface area contributed by atoms with Gasteiger partial charge in [-0.1, -0.05) is 19.1 Å². The first-order chi connectivity index (χ1) is 11.2. The van der Waals surface area contributed by atoms with Crippen LogP contribution >= 0.6 is 0 Å². The predicted molar refractivity (Wildman–Crippen MR) is 93.3 cm³/mol. The highest BCUT2D eigenvalue weighted by Crippen LogP contribution is 2.07. The van der Waals surface area contributed by atoms with E-state index in [4.69, 9.17) is 0 Å². The molecule has 0 atom stereocenters. The van der Waals surface area contributed by atoms with Crippen LogP contribution in [0.25, 0.3) is 0 Å². The maximum absolute atomic E-state index is 12.3. The number of sulfonamides is 1. The second kappa shape index (κ2) is 9.39. The summed E-state index contributed by atoms with van der Waals surface area (Å²) in [5, 5.41) is 2.73. The SMILES string of the molecule is CCCNC(=O)CN(C)C(=O)c1ccc(CCNS(C)(=O)=O)cc1. The van der Waals surface area contributed by atoms with Gasteiger partial charge >= 0.3 is 0 Å². The smallest absolute Gasteiger partial charge is 0.254 e. The first-order valence-electron chi connectivity index (χ1n) is 7.78. The van der Waals surface area contributed by atoms with E-state index in [0.717, 1.165) is 18.2 Å². The summed E-state index contributed by atoms with van der Waals surface area (Å²) in [7, 11) is -1.61. The van der Waals surface area contributed by atoms with E-state index in [0.29, 0.717) is 25.1 Å². The molecule has 1 aromatic rings. The number of likely N-dealkylation sites (N-methyl/N-ethyl adjacent to an activating group) is 1. The van der Waals surface area contributed by atoms with E-state index in [2.05, 4.69) is 10.0 Å². The Morgan fingerprint density at radius 2 is 1.75 bits per heavy atom. The van der Waals surface area contributed by atoms with Gasteiger partial charge in [-0.25, -0.2) is 13.1 Å². The molecule has 8 heteroatoms. The first kappa shape index (κ1) is 20.1. The summed E-state index contributed by atoms with van der Waals surface area (Å²) in [6.07, 6.45) is 2.50. The Balaban J connectivity index is 2.55. The van der Waals surface area contributed by atoms with Crippen molar-refractivity contribution in [1.29, 1.82) is 0 Å². The molecule has 0 radical (unpaired) electrons. The van der Waals surface area contributed by atoms with Crippen molar-refractivity contribution in [3.63, 3.8) is 0 Å². The first-order valence-corrected chi connectivity index (χ1v) is 9.68. The van der Waals surface area contributed by atoms with Crippen molar-refractivity contribution in [2.75, 3.05) is 32.9 Å². The summed E-state index contributed by atoms with van der Waals surface area (Å²) >= 11 is 0. The fourth-order valence-electron chi connectivity index (χ4n) is 2.02. The number of amides is 2. The molecule has 2 N–H and O–H groups in total. The van der Waals surface area contributed by atoms with Gasteiger partial charge in [0.05, 0.1) is 12.8 Å². The van der Waals surface area contributed by atoms with E-state index >= 15 is 0 Å². The fourth-order valence-corrected chi connectivity index (χ4v) is 2.50. The molecule has 0 aliphatic rings. The Morgan fingerprint density at radius 1 is 1.12 bits per heavy atom. The van der Waals surface area contributed by atoms with Crippen LogP contribution in [0.4, 0.5) is 0 Å². The van der Waals surface area contributed by atoms with Crippen LogP contribution in [-0.2, 0) is 21.2 Å². The zero-order valence-electron chi connectivity index (χ0n) is 14.3. The van der Waals surface area contributed by atoms with E-state index in [9.17, 15) is 18.0 Å². The number of carbonyl (C=O) groups is 2. The second-order valence-electron chi connectivity index (χ2n) is 5.62. The lowest BCUT2D eigenvalue weighted by atomic mass is 10.1. The van der Waals surface area contributed by atoms with Gasteiger partial charge in [-0.2, -0.15) is 0 Å². The number of carbonyl (C=O) groups excluding carboxylic acids is 2. The molecule has 24 heavy (non-hydrogen) atoms. The maximum atomic E-state index is 12.3. The molecule has 1 rings (SSSR count). The fraction of sp³-hybridized carbons (Fsp3) is 0.500. The van der Waals surface area contributed by atoms with Gasteiger partial charge in [0.15, 0.2) is 0 Å². The van der Waals surface area contributed by atoms with Crippen molar-refractivity contribution < 1.29 is 18.0 Å². The normalized spacial score (nSPS) is 11.1. The summed E-state index contributed by atoms with van der Waals surface area (Å²) in [5.74, 6) is -0.418. The molecule has 0 bridgehead atoms. The van der Waals surface area contributed by atoms with E-state index in [1.54, 1.807) is 31.3 Å². The lowest BCUT2D eigenvalue weighted by Gasteiger charge is -2.17. The summed E-state index contributed by atoms with van der Waals surface area (Å²) < 4.78 is 24.4. The molecule has 0 aliphatic carbocycles. The molecule has 0 aliphatic heterocycles. The maximum Gasteiger partial charge on any atom is 0.254 e. The van der Waals surface area contributed by atoms with Crippen LogP contribution < -0.4 is 10.0 Å². The number of hydrogen-bond donors (Lipinski definition) is 2. The Labute approximate surface area is 143 Å². The van der Waals surface area contributed by atoms with Gasteiger partial charge in [0.1, 0.15) is 0 Å². The van der Waals surface area contributed by atoms with Crippen molar-refractivity contribution in [1.82, 2.24) is 14.9 Å². The third-order valence-electron chi connectivity index (χ3n) is 3.28. The highest BCUT2D eigenvalue weighted by molar-refractivity contribution is 7.88. The predicted octanol–water partition coefficient (Wildman–Crippen LogP) is 0.377. The van der Waals surface area contributed by atoms with Crippen LogP contribution in [0.1, 0.15) is 29.3 Å². The average molecular weight is 355 g/mol. The zero-order valence-corrected chi connectivity index (χ0v) is 15.1. The molecule has 0 unspecified atom stereocenters. The van der Waals surface area contributed by atoms with E-state index in [1.807, 2.05) is 6.92 Å². The minimum atomic E-state index is -3.19. The molecule has 0 fully saturated rings. The number of hydrogen-bond acceptors (Lipinski definition) is 4. The van der Waals surface area contributed by atoms with Crippen molar-refractivity contribution in [2.24, 2.45) is 0 Å². The van der Waals surface area contributed by atoms with Gasteiger partial charge in [0, 0.05) is 25.7 Å². The molecule has 0 saturated heterocycles. The summed E-state index contributed by atoms with van der Waals surface area (Å²) in [5.41, 5.74) is 1.41. The van der Waals surface area contributed by atoms with Crippen LogP contribution in [0, 0.1) is 0 Å². The Kier molecular flexibility index (Phi) is 7.87. The van der Waals surface area contributed by atoms with E-state index < -0.39 is 10.0 Å². The van der Waals surface area contributed by atoms with Crippen molar-refractivity contribution in [3.8, 4) is 0 Å². The van der Waals surface area contributed by atoms with Crippen molar-refractivity contribution >= 4 is 21.8 Å². The average Bonchev–Trinajstić information content (AvgIpc) is 2.51. The van der Waals surface area contributed by atoms with E-state index in [-0.39, 0.29) is 18.4 Å². The number of nitrogens with one attached hydrogen (secondary N) is 2. The third kappa shape index (κ3) is 7.56. The molecule has 0 saturated carbocycles. The number of nitrogens with zero attached hydrogens (tertiary/aromatic N) is 1. The summed E-state index contributed by atoms with van der Waals surface area (Å²) in [6.45, 7) is 2.88. The van der Waals surface area contributed by atoms with Gasteiger partial charge in [0.25, 0.3) is 5.91 Å². The zero-order chi connectivity index (χ0) is 18.2. The van der Waals surface area contributed by atoms with Crippen LogP contribution in [-0.4, -0.2) is 58.1 Å². The molecular weight excluding hydrogens is 330 g/mol. The van der Waals surface area contributed by atoms with Gasteiger partial charge in [-0.05, 0) is 30.5 Å². The van der Waals surface area contributed by atoms with E-state index in [1.165, 1.54) is 4.90 Å². The third-order valence-corrected chi connectivity index (χ3v) is 4.01. The van der Waals surface area contributed by atoms with Gasteiger partial charge < -0.3 is 10.2 Å². The lowest BCUT2D eigenvalue weighted by Crippen LogP contribution is -2.38. The number of benzene rings is 1. The largest absolute Gasteiger partial charge is 0.355 e. The van der Waals surface area contributed by atoms with Gasteiger partial charge in [-0.15, -0.1) is 0 Å².